The molecular formula is C11H17BrOS. The van der Waals surface area contributed by atoms with E-state index >= 15 is 0 Å². The molecule has 1 heterocycles. The third-order valence-electron chi connectivity index (χ3n) is 2.51. The molecule has 0 radical (unpaired) electrons. The topological polar surface area (TPSA) is 20.2 Å². The molecule has 0 saturated carbocycles. The Labute approximate surface area is 98.3 Å². The molecular weight excluding hydrogens is 260 g/mol. The highest BCUT2D eigenvalue weighted by Crippen LogP contribution is 2.29. The van der Waals surface area contributed by atoms with Crippen molar-refractivity contribution in [1.29, 1.82) is 0 Å². The zero-order valence-electron chi connectivity index (χ0n) is 8.72. The van der Waals surface area contributed by atoms with Crippen molar-refractivity contribution < 1.29 is 5.11 Å². The number of hydrogen-bond donors (Lipinski definition) is 1. The summed E-state index contributed by atoms with van der Waals surface area (Å²) in [4.78, 5) is 1.26. The Bertz CT molecular complexity index is 285. The second-order valence-corrected chi connectivity index (χ2v) is 6.26. The van der Waals surface area contributed by atoms with Gasteiger partial charge in [0.1, 0.15) is 0 Å². The third-order valence-corrected chi connectivity index (χ3v) is 4.13. The van der Waals surface area contributed by atoms with Gasteiger partial charge in [0.15, 0.2) is 0 Å². The van der Waals surface area contributed by atoms with Gasteiger partial charge >= 0.3 is 0 Å². The van der Waals surface area contributed by atoms with Crippen molar-refractivity contribution in [1.82, 2.24) is 0 Å². The SMILES string of the molecule is CCCC(O)(CC)Cc1ccc(Br)s1. The summed E-state index contributed by atoms with van der Waals surface area (Å²) in [6, 6.07) is 4.13. The van der Waals surface area contributed by atoms with Crippen molar-refractivity contribution in [2.75, 3.05) is 0 Å². The molecule has 3 heteroatoms. The van der Waals surface area contributed by atoms with Crippen molar-refractivity contribution in [2.24, 2.45) is 0 Å². The molecule has 0 spiro atoms. The van der Waals surface area contributed by atoms with E-state index in [9.17, 15) is 5.11 Å². The fraction of sp³-hybridized carbons (Fsp3) is 0.636. The molecule has 1 aromatic rings. The standard InChI is InChI=1S/C11H17BrOS/c1-3-7-11(13,4-2)8-9-5-6-10(12)14-9/h5-6,13H,3-4,7-8H2,1-2H3. The Morgan fingerprint density at radius 3 is 2.57 bits per heavy atom. The van der Waals surface area contributed by atoms with Crippen LogP contribution >= 0.6 is 27.3 Å². The second-order valence-electron chi connectivity index (χ2n) is 3.71. The smallest absolute Gasteiger partial charge is 0.0701 e. The van der Waals surface area contributed by atoms with Gasteiger partial charge in [-0.1, -0.05) is 20.3 Å². The average molecular weight is 277 g/mol. The molecule has 0 aromatic carbocycles. The van der Waals surface area contributed by atoms with Crippen LogP contribution in [0.15, 0.2) is 15.9 Å². The second kappa shape index (κ2) is 5.29. The fourth-order valence-electron chi connectivity index (χ4n) is 1.63. The largest absolute Gasteiger partial charge is 0.390 e. The van der Waals surface area contributed by atoms with E-state index in [-0.39, 0.29) is 0 Å². The van der Waals surface area contributed by atoms with Crippen LogP contribution in [0.25, 0.3) is 0 Å². The summed E-state index contributed by atoms with van der Waals surface area (Å²) in [6.07, 6.45) is 3.54. The number of rotatable bonds is 5. The van der Waals surface area contributed by atoms with Crippen LogP contribution < -0.4 is 0 Å². The van der Waals surface area contributed by atoms with E-state index in [0.717, 1.165) is 29.5 Å². The van der Waals surface area contributed by atoms with E-state index in [4.69, 9.17) is 0 Å². The zero-order valence-corrected chi connectivity index (χ0v) is 11.1. The quantitative estimate of drug-likeness (QED) is 0.862. The normalized spacial score (nSPS) is 15.4. The molecule has 0 aliphatic carbocycles. The van der Waals surface area contributed by atoms with E-state index in [1.165, 1.54) is 4.88 Å². The van der Waals surface area contributed by atoms with Gasteiger partial charge in [-0.05, 0) is 40.9 Å². The maximum absolute atomic E-state index is 10.3. The van der Waals surface area contributed by atoms with E-state index in [1.807, 2.05) is 6.07 Å². The summed E-state index contributed by atoms with van der Waals surface area (Å²) < 4.78 is 1.14. The number of halogens is 1. The highest BCUT2D eigenvalue weighted by molar-refractivity contribution is 9.11. The molecule has 0 aliphatic heterocycles. The average Bonchev–Trinajstić information content (AvgIpc) is 2.51. The van der Waals surface area contributed by atoms with Crippen LogP contribution in [0.3, 0.4) is 0 Å². The van der Waals surface area contributed by atoms with Crippen LogP contribution in [-0.4, -0.2) is 10.7 Å². The van der Waals surface area contributed by atoms with Crippen molar-refractivity contribution in [3.63, 3.8) is 0 Å². The lowest BCUT2D eigenvalue weighted by atomic mass is 9.91. The predicted molar refractivity (Wildman–Crippen MR) is 65.9 cm³/mol. The molecule has 0 amide bonds. The van der Waals surface area contributed by atoms with Gasteiger partial charge in [-0.2, -0.15) is 0 Å². The van der Waals surface area contributed by atoms with Gasteiger partial charge in [-0.15, -0.1) is 11.3 Å². The molecule has 1 unspecified atom stereocenters. The van der Waals surface area contributed by atoms with Gasteiger partial charge < -0.3 is 5.11 Å². The Morgan fingerprint density at radius 2 is 2.14 bits per heavy atom. The van der Waals surface area contributed by atoms with Gasteiger partial charge in [0.25, 0.3) is 0 Å². The molecule has 1 aromatic heterocycles. The highest BCUT2D eigenvalue weighted by Gasteiger charge is 2.24. The van der Waals surface area contributed by atoms with Gasteiger partial charge in [0, 0.05) is 11.3 Å². The molecule has 0 saturated heterocycles. The summed E-state index contributed by atoms with van der Waals surface area (Å²) >= 11 is 5.15. The van der Waals surface area contributed by atoms with E-state index < -0.39 is 5.60 Å². The highest BCUT2D eigenvalue weighted by atomic mass is 79.9. The van der Waals surface area contributed by atoms with Crippen molar-refractivity contribution in [2.45, 2.75) is 45.1 Å². The summed E-state index contributed by atoms with van der Waals surface area (Å²) in [5.41, 5.74) is -0.501. The van der Waals surface area contributed by atoms with Crippen LogP contribution in [0.2, 0.25) is 0 Å². The Kier molecular flexibility index (Phi) is 4.61. The summed E-state index contributed by atoms with van der Waals surface area (Å²) in [6.45, 7) is 4.17. The fourth-order valence-corrected chi connectivity index (χ4v) is 3.25. The number of hydrogen-bond acceptors (Lipinski definition) is 2. The van der Waals surface area contributed by atoms with E-state index in [2.05, 4.69) is 35.8 Å². The Balaban J connectivity index is 2.64. The van der Waals surface area contributed by atoms with Crippen LogP contribution in [0.5, 0.6) is 0 Å². The molecule has 0 fully saturated rings. The lowest BCUT2D eigenvalue weighted by molar-refractivity contribution is 0.0278. The van der Waals surface area contributed by atoms with Crippen molar-refractivity contribution >= 4 is 27.3 Å². The lowest BCUT2D eigenvalue weighted by Gasteiger charge is -2.25. The minimum absolute atomic E-state index is 0.501. The van der Waals surface area contributed by atoms with Gasteiger partial charge in [0.2, 0.25) is 0 Å². The third kappa shape index (κ3) is 3.37. The van der Waals surface area contributed by atoms with Crippen LogP contribution in [0.1, 0.15) is 38.0 Å². The van der Waals surface area contributed by atoms with E-state index in [0.29, 0.717) is 0 Å². The minimum atomic E-state index is -0.501. The monoisotopic (exact) mass is 276 g/mol. The zero-order chi connectivity index (χ0) is 10.6. The first-order valence-electron chi connectivity index (χ1n) is 5.06. The summed E-state index contributed by atoms with van der Waals surface area (Å²) in [7, 11) is 0. The summed E-state index contributed by atoms with van der Waals surface area (Å²) in [5.74, 6) is 0. The molecule has 1 rings (SSSR count). The molecule has 0 bridgehead atoms. The Morgan fingerprint density at radius 1 is 1.43 bits per heavy atom. The minimum Gasteiger partial charge on any atom is -0.390 e. The van der Waals surface area contributed by atoms with Crippen molar-refractivity contribution in [3.05, 3.63) is 20.8 Å². The van der Waals surface area contributed by atoms with Crippen molar-refractivity contribution in [3.8, 4) is 0 Å². The molecule has 80 valence electrons. The molecule has 0 aliphatic rings. The molecule has 1 atom stereocenters. The van der Waals surface area contributed by atoms with Gasteiger partial charge in [0.05, 0.1) is 9.39 Å². The maximum atomic E-state index is 10.3. The molecule has 1 nitrogen and oxygen atoms in total. The summed E-state index contributed by atoms with van der Waals surface area (Å²) in [5, 5.41) is 10.3. The maximum Gasteiger partial charge on any atom is 0.0701 e. The first-order valence-corrected chi connectivity index (χ1v) is 6.67. The van der Waals surface area contributed by atoms with Gasteiger partial charge in [-0.3, -0.25) is 0 Å². The predicted octanol–water partition coefficient (Wildman–Crippen LogP) is 3.99. The molecule has 1 N–H and O–H groups in total. The number of thiophene rings is 1. The molecule has 14 heavy (non-hydrogen) atoms. The van der Waals surface area contributed by atoms with Crippen LogP contribution in [0, 0.1) is 0 Å². The number of aliphatic hydroxyl groups is 1. The first-order chi connectivity index (χ1) is 6.59. The first kappa shape index (κ1) is 12.2. The Hall–Kier alpha value is 0.140. The van der Waals surface area contributed by atoms with Crippen LogP contribution in [-0.2, 0) is 6.42 Å². The lowest BCUT2D eigenvalue weighted by Crippen LogP contribution is -2.29. The van der Waals surface area contributed by atoms with Crippen LogP contribution in [0.4, 0.5) is 0 Å². The van der Waals surface area contributed by atoms with Gasteiger partial charge in [-0.25, -0.2) is 0 Å². The van der Waals surface area contributed by atoms with E-state index in [1.54, 1.807) is 11.3 Å².